The Morgan fingerprint density at radius 1 is 1.46 bits per heavy atom. The van der Waals surface area contributed by atoms with E-state index in [0.717, 1.165) is 5.56 Å². The third-order valence-corrected chi connectivity index (χ3v) is 4.22. The van der Waals surface area contributed by atoms with E-state index in [0.29, 0.717) is 36.0 Å². The van der Waals surface area contributed by atoms with Crippen molar-refractivity contribution in [2.45, 2.75) is 6.54 Å². The predicted molar refractivity (Wildman–Crippen MR) is 94.5 cm³/mol. The van der Waals surface area contributed by atoms with E-state index in [2.05, 4.69) is 10.4 Å². The van der Waals surface area contributed by atoms with Crippen molar-refractivity contribution in [3.63, 3.8) is 0 Å². The molecule has 0 spiro atoms. The molecule has 2 aromatic rings. The monoisotopic (exact) mass is 378 g/mol. The van der Waals surface area contributed by atoms with Gasteiger partial charge >= 0.3 is 0 Å². The quantitative estimate of drug-likeness (QED) is 0.845. The van der Waals surface area contributed by atoms with E-state index < -0.39 is 0 Å². The fourth-order valence-corrected chi connectivity index (χ4v) is 2.91. The molecule has 8 nitrogen and oxygen atoms in total. The second-order valence-electron chi connectivity index (χ2n) is 5.84. The number of hydrogen-bond acceptors (Lipinski definition) is 5. The zero-order chi connectivity index (χ0) is 18.7. The van der Waals surface area contributed by atoms with E-state index in [1.54, 1.807) is 36.3 Å². The van der Waals surface area contributed by atoms with Crippen LogP contribution in [0.1, 0.15) is 15.9 Å². The van der Waals surface area contributed by atoms with Gasteiger partial charge in [0.05, 0.1) is 7.11 Å². The molecule has 0 saturated carbocycles. The molecule has 0 aliphatic carbocycles. The Hall–Kier alpha value is -2.74. The Morgan fingerprint density at radius 2 is 2.27 bits per heavy atom. The third-order valence-electron chi connectivity index (χ3n) is 3.99. The predicted octanol–water partition coefficient (Wildman–Crippen LogP) is 1.23. The minimum atomic E-state index is -0.308. The fourth-order valence-electron chi connectivity index (χ4n) is 2.71. The molecule has 1 aromatic heterocycles. The molecule has 1 aliphatic heterocycles. The third kappa shape index (κ3) is 3.91. The number of rotatable bonds is 5. The fraction of sp³-hybridized carbons (Fsp3) is 0.353. The molecule has 0 radical (unpaired) electrons. The van der Waals surface area contributed by atoms with Crippen LogP contribution in [0.2, 0.25) is 5.02 Å². The zero-order valence-electron chi connectivity index (χ0n) is 14.5. The molecule has 1 aliphatic rings. The van der Waals surface area contributed by atoms with Crippen molar-refractivity contribution in [1.29, 1.82) is 0 Å². The normalized spacial score (nSPS) is 13.7. The van der Waals surface area contributed by atoms with Gasteiger partial charge in [0.2, 0.25) is 5.88 Å². The molecule has 3 rings (SSSR count). The summed E-state index contributed by atoms with van der Waals surface area (Å²) in [5, 5.41) is 7.41. The van der Waals surface area contributed by atoms with Crippen molar-refractivity contribution < 1.29 is 19.1 Å². The molecule has 0 unspecified atom stereocenters. The molecule has 138 valence electrons. The van der Waals surface area contributed by atoms with Gasteiger partial charge in [0.1, 0.15) is 11.3 Å². The first-order valence-electron chi connectivity index (χ1n) is 8.02. The van der Waals surface area contributed by atoms with E-state index in [9.17, 15) is 9.59 Å². The lowest BCUT2D eigenvalue weighted by atomic mass is 10.2. The average molecular weight is 379 g/mol. The largest absolute Gasteiger partial charge is 0.483 e. The Balaban J connectivity index is 1.61. The Labute approximate surface area is 155 Å². The topological polar surface area (TPSA) is 85.7 Å². The Kier molecular flexibility index (Phi) is 5.32. The number of benzene rings is 1. The van der Waals surface area contributed by atoms with E-state index in [4.69, 9.17) is 21.1 Å². The maximum atomic E-state index is 12.3. The van der Waals surface area contributed by atoms with Crippen LogP contribution in [0.15, 0.2) is 24.4 Å². The summed E-state index contributed by atoms with van der Waals surface area (Å²) in [7, 11) is 3.16. The lowest BCUT2D eigenvalue weighted by Gasteiger charge is -2.20. The van der Waals surface area contributed by atoms with Crippen molar-refractivity contribution in [3.05, 3.63) is 40.5 Å². The molecule has 2 heterocycles. The molecule has 1 N–H and O–H groups in total. The van der Waals surface area contributed by atoms with Gasteiger partial charge in [-0.3, -0.25) is 14.3 Å². The van der Waals surface area contributed by atoms with E-state index in [1.165, 1.54) is 11.8 Å². The lowest BCUT2D eigenvalue weighted by molar-refractivity contribution is -0.133. The van der Waals surface area contributed by atoms with Crippen LogP contribution in [0.3, 0.4) is 0 Å². The van der Waals surface area contributed by atoms with Gasteiger partial charge in [0, 0.05) is 43.5 Å². The van der Waals surface area contributed by atoms with Gasteiger partial charge in [-0.15, -0.1) is 5.10 Å². The maximum Gasteiger partial charge on any atom is 0.260 e. The number of aromatic nitrogens is 2. The van der Waals surface area contributed by atoms with Crippen LogP contribution in [0, 0.1) is 0 Å². The van der Waals surface area contributed by atoms with E-state index in [1.807, 2.05) is 0 Å². The average Bonchev–Trinajstić information content (AvgIpc) is 2.93. The highest BCUT2D eigenvalue weighted by Gasteiger charge is 2.22. The molecule has 0 bridgehead atoms. The van der Waals surface area contributed by atoms with Crippen LogP contribution in [0.25, 0.3) is 0 Å². The highest BCUT2D eigenvalue weighted by atomic mass is 35.5. The summed E-state index contributed by atoms with van der Waals surface area (Å²) in [5.74, 6) is 0.449. The zero-order valence-corrected chi connectivity index (χ0v) is 15.2. The molecular weight excluding hydrogens is 360 g/mol. The van der Waals surface area contributed by atoms with Crippen LogP contribution in [0.4, 0.5) is 0 Å². The first-order chi connectivity index (χ1) is 12.5. The Morgan fingerprint density at radius 3 is 3.04 bits per heavy atom. The molecule has 2 amide bonds. The molecule has 0 fully saturated rings. The van der Waals surface area contributed by atoms with Crippen LogP contribution >= 0.6 is 11.6 Å². The summed E-state index contributed by atoms with van der Waals surface area (Å²) >= 11 is 6.02. The number of ether oxygens (including phenoxy) is 2. The van der Waals surface area contributed by atoms with Crippen molar-refractivity contribution in [1.82, 2.24) is 20.0 Å². The molecule has 1 aromatic carbocycles. The number of nitrogens with one attached hydrogen (secondary N) is 1. The first kappa shape index (κ1) is 18.1. The number of carbonyl (C=O) groups is 2. The number of halogens is 1. The number of fused-ring (bicyclic) bond motifs is 1. The standard InChI is InChI=1S/C17H19ClN4O4/c1-21-9-13(17(20-21)25-2)16(24)19-5-6-22-8-11-7-12(18)3-4-14(11)26-10-15(22)23/h3-4,7,9H,5-6,8,10H2,1-2H3,(H,19,24). The van der Waals surface area contributed by atoms with Crippen molar-refractivity contribution >= 4 is 23.4 Å². The maximum absolute atomic E-state index is 12.3. The van der Waals surface area contributed by atoms with Crippen LogP contribution < -0.4 is 14.8 Å². The number of methoxy groups -OCH3 is 1. The number of nitrogens with zero attached hydrogens (tertiary/aromatic N) is 3. The Bertz CT molecular complexity index is 836. The summed E-state index contributed by atoms with van der Waals surface area (Å²) in [6, 6.07) is 5.26. The van der Waals surface area contributed by atoms with Crippen LogP contribution in [-0.4, -0.2) is 53.3 Å². The minimum absolute atomic E-state index is 0.0427. The summed E-state index contributed by atoms with van der Waals surface area (Å²) in [6.07, 6.45) is 1.58. The summed E-state index contributed by atoms with van der Waals surface area (Å²) in [5.41, 5.74) is 1.18. The molecule has 0 atom stereocenters. The van der Waals surface area contributed by atoms with Gasteiger partial charge in [0.25, 0.3) is 11.8 Å². The lowest BCUT2D eigenvalue weighted by Crippen LogP contribution is -2.39. The van der Waals surface area contributed by atoms with Gasteiger partial charge in [0.15, 0.2) is 6.61 Å². The summed E-state index contributed by atoms with van der Waals surface area (Å²) in [6.45, 7) is 0.973. The second-order valence-corrected chi connectivity index (χ2v) is 6.27. The SMILES string of the molecule is COc1nn(C)cc1C(=O)NCCN1Cc2cc(Cl)ccc2OCC1=O. The van der Waals surface area contributed by atoms with Crippen LogP contribution in [-0.2, 0) is 18.4 Å². The van der Waals surface area contributed by atoms with Gasteiger partial charge < -0.3 is 19.7 Å². The van der Waals surface area contributed by atoms with Gasteiger partial charge in [-0.05, 0) is 18.2 Å². The van der Waals surface area contributed by atoms with Crippen molar-refractivity contribution in [3.8, 4) is 11.6 Å². The van der Waals surface area contributed by atoms with Gasteiger partial charge in [-0.1, -0.05) is 11.6 Å². The van der Waals surface area contributed by atoms with Gasteiger partial charge in [-0.2, -0.15) is 0 Å². The second kappa shape index (κ2) is 7.65. The van der Waals surface area contributed by atoms with Crippen LogP contribution in [0.5, 0.6) is 11.6 Å². The van der Waals surface area contributed by atoms with E-state index >= 15 is 0 Å². The molecular formula is C17H19ClN4O4. The smallest absolute Gasteiger partial charge is 0.260 e. The van der Waals surface area contributed by atoms with Crippen molar-refractivity contribution in [2.24, 2.45) is 7.05 Å². The highest BCUT2D eigenvalue weighted by molar-refractivity contribution is 6.30. The first-order valence-corrected chi connectivity index (χ1v) is 8.40. The summed E-state index contributed by atoms with van der Waals surface area (Å²) in [4.78, 5) is 26.1. The number of amides is 2. The van der Waals surface area contributed by atoms with Crippen molar-refractivity contribution in [2.75, 3.05) is 26.8 Å². The minimum Gasteiger partial charge on any atom is -0.483 e. The molecule has 26 heavy (non-hydrogen) atoms. The number of carbonyl (C=O) groups excluding carboxylic acids is 2. The molecule has 0 saturated heterocycles. The number of hydrogen-bond donors (Lipinski definition) is 1. The number of aryl methyl sites for hydroxylation is 1. The van der Waals surface area contributed by atoms with E-state index in [-0.39, 0.29) is 24.3 Å². The highest BCUT2D eigenvalue weighted by Crippen LogP contribution is 2.26. The van der Waals surface area contributed by atoms with Gasteiger partial charge in [-0.25, -0.2) is 0 Å². The summed E-state index contributed by atoms with van der Waals surface area (Å²) < 4.78 is 12.1. The molecule has 9 heteroatoms.